The average Bonchev–Trinajstić information content (AvgIpc) is 3.48. The molecule has 12 nitrogen and oxygen atoms in total. The first kappa shape index (κ1) is 24.3. The summed E-state index contributed by atoms with van der Waals surface area (Å²) in [6.07, 6.45) is 5.33. The zero-order valence-corrected chi connectivity index (χ0v) is 20.1. The molecule has 0 fully saturated rings. The number of rotatable bonds is 10. The molecule has 4 aromatic rings. The molecular formula is C22H25N7O5S. The molecule has 0 bridgehead atoms. The summed E-state index contributed by atoms with van der Waals surface area (Å²) in [6, 6.07) is 6.58. The second kappa shape index (κ2) is 9.80. The number of carbonyl (C=O) groups is 1. The Morgan fingerprint density at radius 2 is 1.83 bits per heavy atom. The molecule has 184 valence electrons. The second-order valence-electron chi connectivity index (χ2n) is 7.96. The minimum Gasteiger partial charge on any atom is -0.478 e. The first-order valence-electron chi connectivity index (χ1n) is 11.1. The van der Waals surface area contributed by atoms with E-state index in [1.165, 1.54) is 21.5 Å². The number of sulfonamides is 1. The zero-order chi connectivity index (χ0) is 25.2. The van der Waals surface area contributed by atoms with Crippen molar-refractivity contribution in [2.75, 3.05) is 13.1 Å². The SMILES string of the molecule is CCCN(CCC)S(=O)(=O)c1ccc(Cn2cnc3c(=O)[nH]c(-n4cc(C(=O)O)cn4)nc32)cc1. The van der Waals surface area contributed by atoms with Gasteiger partial charge in [-0.25, -0.2) is 22.9 Å². The van der Waals surface area contributed by atoms with E-state index in [2.05, 4.69) is 20.1 Å². The van der Waals surface area contributed by atoms with Gasteiger partial charge in [-0.1, -0.05) is 26.0 Å². The van der Waals surface area contributed by atoms with Crippen molar-refractivity contribution in [1.29, 1.82) is 0 Å². The van der Waals surface area contributed by atoms with Gasteiger partial charge in [0.05, 0.1) is 29.5 Å². The van der Waals surface area contributed by atoms with Crippen LogP contribution in [0.15, 0.2) is 52.7 Å². The highest BCUT2D eigenvalue weighted by molar-refractivity contribution is 7.89. The fourth-order valence-corrected chi connectivity index (χ4v) is 5.30. The number of nitrogens with zero attached hydrogens (tertiary/aromatic N) is 6. The Labute approximate surface area is 200 Å². The van der Waals surface area contributed by atoms with Crippen LogP contribution in [-0.2, 0) is 16.6 Å². The molecule has 2 N–H and O–H groups in total. The molecule has 0 radical (unpaired) electrons. The van der Waals surface area contributed by atoms with E-state index in [1.54, 1.807) is 28.8 Å². The molecular weight excluding hydrogens is 474 g/mol. The predicted molar refractivity (Wildman–Crippen MR) is 127 cm³/mol. The van der Waals surface area contributed by atoms with Gasteiger partial charge >= 0.3 is 5.97 Å². The molecule has 0 atom stereocenters. The van der Waals surface area contributed by atoms with Crippen LogP contribution in [0.3, 0.4) is 0 Å². The highest BCUT2D eigenvalue weighted by Gasteiger charge is 2.23. The number of carboxylic acids is 1. The minimum atomic E-state index is -3.58. The second-order valence-corrected chi connectivity index (χ2v) is 9.90. The molecule has 1 aromatic carbocycles. The Balaban J connectivity index is 1.63. The van der Waals surface area contributed by atoms with Crippen molar-refractivity contribution in [2.24, 2.45) is 0 Å². The molecule has 13 heteroatoms. The molecule has 3 aromatic heterocycles. The van der Waals surface area contributed by atoms with Crippen LogP contribution in [0.2, 0.25) is 0 Å². The number of carboxylic acid groups (broad SMARTS) is 1. The third kappa shape index (κ3) is 4.86. The molecule has 0 unspecified atom stereocenters. The van der Waals surface area contributed by atoms with Gasteiger partial charge in [0.1, 0.15) is 0 Å². The Morgan fingerprint density at radius 3 is 2.43 bits per heavy atom. The Bertz CT molecular complexity index is 1510. The van der Waals surface area contributed by atoms with Gasteiger partial charge in [-0.3, -0.25) is 9.78 Å². The molecule has 4 rings (SSSR count). The van der Waals surface area contributed by atoms with E-state index >= 15 is 0 Å². The lowest BCUT2D eigenvalue weighted by molar-refractivity contribution is 0.0697. The normalized spacial score (nSPS) is 12.0. The van der Waals surface area contributed by atoms with Crippen molar-refractivity contribution in [1.82, 2.24) is 33.6 Å². The van der Waals surface area contributed by atoms with Gasteiger partial charge in [-0.15, -0.1) is 0 Å². The molecule has 0 aliphatic heterocycles. The summed E-state index contributed by atoms with van der Waals surface area (Å²) in [7, 11) is -3.58. The van der Waals surface area contributed by atoms with Crippen molar-refractivity contribution in [3.63, 3.8) is 0 Å². The summed E-state index contributed by atoms with van der Waals surface area (Å²) >= 11 is 0. The Morgan fingerprint density at radius 1 is 1.14 bits per heavy atom. The zero-order valence-electron chi connectivity index (χ0n) is 19.2. The lowest BCUT2D eigenvalue weighted by Gasteiger charge is -2.21. The fourth-order valence-electron chi connectivity index (χ4n) is 3.68. The van der Waals surface area contributed by atoms with Crippen molar-refractivity contribution < 1.29 is 18.3 Å². The number of hydrogen-bond donors (Lipinski definition) is 2. The number of benzene rings is 1. The van der Waals surface area contributed by atoms with Gasteiger partial charge in [0.25, 0.3) is 5.56 Å². The maximum absolute atomic E-state index is 13.0. The number of aromatic nitrogens is 6. The van der Waals surface area contributed by atoms with Gasteiger partial charge in [0, 0.05) is 19.3 Å². The van der Waals surface area contributed by atoms with Crippen LogP contribution in [0.5, 0.6) is 0 Å². The molecule has 0 saturated heterocycles. The van der Waals surface area contributed by atoms with Crippen LogP contribution in [0.1, 0.15) is 42.6 Å². The Hall–Kier alpha value is -3.84. The summed E-state index contributed by atoms with van der Waals surface area (Å²) in [5, 5.41) is 13.0. The minimum absolute atomic E-state index is 0.0464. The molecule has 0 aliphatic rings. The first-order valence-corrected chi connectivity index (χ1v) is 12.5. The van der Waals surface area contributed by atoms with Crippen molar-refractivity contribution in [2.45, 2.75) is 38.1 Å². The maximum atomic E-state index is 13.0. The number of aromatic carboxylic acids is 1. The lowest BCUT2D eigenvalue weighted by Crippen LogP contribution is -2.32. The number of fused-ring (bicyclic) bond motifs is 1. The van der Waals surface area contributed by atoms with E-state index in [1.807, 2.05) is 13.8 Å². The van der Waals surface area contributed by atoms with Crippen molar-refractivity contribution in [3.8, 4) is 5.95 Å². The Kier molecular flexibility index (Phi) is 6.80. The third-order valence-electron chi connectivity index (χ3n) is 5.37. The van der Waals surface area contributed by atoms with E-state index in [-0.39, 0.29) is 27.6 Å². The van der Waals surface area contributed by atoms with Crippen LogP contribution in [0, 0.1) is 0 Å². The fraction of sp³-hybridized carbons (Fsp3) is 0.318. The lowest BCUT2D eigenvalue weighted by atomic mass is 10.2. The van der Waals surface area contributed by atoms with Gasteiger partial charge in [-0.2, -0.15) is 14.4 Å². The topological polar surface area (TPSA) is 156 Å². The molecule has 35 heavy (non-hydrogen) atoms. The highest BCUT2D eigenvalue weighted by atomic mass is 32.2. The van der Waals surface area contributed by atoms with Crippen molar-refractivity contribution in [3.05, 3.63) is 64.5 Å². The van der Waals surface area contributed by atoms with Crippen molar-refractivity contribution >= 4 is 27.2 Å². The van der Waals surface area contributed by atoms with E-state index in [4.69, 9.17) is 5.11 Å². The molecule has 0 spiro atoms. The van der Waals surface area contributed by atoms with Gasteiger partial charge < -0.3 is 9.67 Å². The summed E-state index contributed by atoms with van der Waals surface area (Å²) in [6.45, 7) is 5.11. The summed E-state index contributed by atoms with van der Waals surface area (Å²) in [5.41, 5.74) is 0.645. The summed E-state index contributed by atoms with van der Waals surface area (Å²) < 4.78 is 30.3. The quantitative estimate of drug-likeness (QED) is 0.335. The van der Waals surface area contributed by atoms with Gasteiger partial charge in [0.15, 0.2) is 11.2 Å². The largest absolute Gasteiger partial charge is 0.478 e. The third-order valence-corrected chi connectivity index (χ3v) is 7.28. The monoisotopic (exact) mass is 499 g/mol. The maximum Gasteiger partial charge on any atom is 0.338 e. The number of hydrogen-bond acceptors (Lipinski definition) is 7. The van der Waals surface area contributed by atoms with Crippen LogP contribution in [-0.4, -0.2) is 66.2 Å². The van der Waals surface area contributed by atoms with E-state index in [0.717, 1.165) is 24.6 Å². The number of nitrogens with one attached hydrogen (secondary N) is 1. The van der Waals surface area contributed by atoms with E-state index in [9.17, 15) is 18.0 Å². The van der Waals surface area contributed by atoms with E-state index in [0.29, 0.717) is 19.6 Å². The first-order chi connectivity index (χ1) is 16.7. The molecule has 3 heterocycles. The summed E-state index contributed by atoms with van der Waals surface area (Å²) in [5.74, 6) is -1.10. The highest BCUT2D eigenvalue weighted by Crippen LogP contribution is 2.19. The van der Waals surface area contributed by atoms with Crippen LogP contribution < -0.4 is 5.56 Å². The van der Waals surface area contributed by atoms with E-state index < -0.39 is 21.6 Å². The molecule has 0 aliphatic carbocycles. The smallest absolute Gasteiger partial charge is 0.338 e. The molecule has 0 amide bonds. The van der Waals surface area contributed by atoms with Crippen LogP contribution in [0.4, 0.5) is 0 Å². The summed E-state index contributed by atoms with van der Waals surface area (Å²) in [4.78, 5) is 34.9. The van der Waals surface area contributed by atoms with Crippen LogP contribution in [0.25, 0.3) is 17.1 Å². The van der Waals surface area contributed by atoms with Gasteiger partial charge in [0.2, 0.25) is 16.0 Å². The predicted octanol–water partition coefficient (Wildman–Crippen LogP) is 1.86. The average molecular weight is 500 g/mol. The number of H-pyrrole nitrogens is 1. The van der Waals surface area contributed by atoms with Crippen LogP contribution >= 0.6 is 0 Å². The number of aromatic amines is 1. The molecule has 0 saturated carbocycles. The number of imidazole rings is 1. The van der Waals surface area contributed by atoms with Gasteiger partial charge in [-0.05, 0) is 30.5 Å². The standard InChI is InChI=1S/C22H25N7O5S/c1-3-9-28(10-4-2)35(33,34)17-7-5-15(6-8-17)12-27-14-23-18-19(27)25-22(26-20(18)30)29-13-16(11-24-29)21(31)32/h5-8,11,13-14H,3-4,9-10,12H2,1-2H3,(H,31,32)(H,25,26,30).